The molecule has 2 N–H and O–H groups in total. The minimum atomic E-state index is -1.17. The smallest absolute Gasteiger partial charge is 0.339 e. The molecule has 8 nitrogen and oxygen atoms in total. The molecule has 0 saturated heterocycles. The maximum absolute atomic E-state index is 12.7. The van der Waals surface area contributed by atoms with Crippen LogP contribution in [0.5, 0.6) is 5.75 Å². The highest BCUT2D eigenvalue weighted by atomic mass is 32.1. The van der Waals surface area contributed by atoms with Gasteiger partial charge in [-0.05, 0) is 57.2 Å². The van der Waals surface area contributed by atoms with Crippen LogP contribution in [0.3, 0.4) is 0 Å². The number of ether oxygens (including phenoxy) is 1. The van der Waals surface area contributed by atoms with Gasteiger partial charge in [-0.3, -0.25) is 4.79 Å². The number of hydrogen-bond donors (Lipinski definition) is 2. The summed E-state index contributed by atoms with van der Waals surface area (Å²) in [5, 5.41) is 22.9. The lowest BCUT2D eigenvalue weighted by Crippen LogP contribution is -2.13. The number of nitrogens with one attached hydrogen (secondary N) is 1. The second-order valence-electron chi connectivity index (χ2n) is 8.07. The number of para-hydroxylation sites is 1. The van der Waals surface area contributed by atoms with Crippen LogP contribution in [0.4, 0.5) is 5.69 Å². The zero-order chi connectivity index (χ0) is 30.4. The van der Waals surface area contributed by atoms with Crippen LogP contribution in [-0.4, -0.2) is 24.1 Å². The monoisotopic (exact) mass is 572 g/mol. The zero-order valence-electron chi connectivity index (χ0n) is 23.6. The summed E-state index contributed by atoms with van der Waals surface area (Å²) in [6.45, 7) is 10.7. The van der Waals surface area contributed by atoms with E-state index < -0.39 is 11.9 Å². The van der Waals surface area contributed by atoms with Crippen molar-refractivity contribution < 1.29 is 28.3 Å². The van der Waals surface area contributed by atoms with Crippen LogP contribution in [0.2, 0.25) is 0 Å². The van der Waals surface area contributed by atoms with Crippen LogP contribution in [-0.2, 0) is 0 Å². The Balaban J connectivity index is 0.000000516. The molecule has 0 fully saturated rings. The third-order valence-electron chi connectivity index (χ3n) is 5.18. The summed E-state index contributed by atoms with van der Waals surface area (Å²) >= 11 is 1.17. The number of benzene rings is 2. The summed E-state index contributed by atoms with van der Waals surface area (Å²) in [6.07, 6.45) is 5.75. The third kappa shape index (κ3) is 8.46. The molecular weight excluding hydrogens is 540 g/mol. The van der Waals surface area contributed by atoms with Crippen molar-refractivity contribution in [1.29, 1.82) is 5.26 Å². The summed E-state index contributed by atoms with van der Waals surface area (Å²) in [6, 6.07) is 17.7. The number of allylic oxidation sites excluding steroid dienone is 3. The van der Waals surface area contributed by atoms with E-state index in [1.54, 1.807) is 61.0 Å². The number of nitrogens with zero attached hydrogens (tertiary/aromatic N) is 1. The Bertz CT molecular complexity index is 1650. The highest BCUT2D eigenvalue weighted by molar-refractivity contribution is 7.14. The molecule has 3 heterocycles. The molecule has 0 aliphatic carbocycles. The van der Waals surface area contributed by atoms with Gasteiger partial charge in [0.1, 0.15) is 28.2 Å². The largest absolute Gasteiger partial charge is 0.497 e. The van der Waals surface area contributed by atoms with Crippen molar-refractivity contribution in [2.45, 2.75) is 27.7 Å². The molecule has 3 aromatic heterocycles. The number of carbonyl (C=O) groups is 2. The van der Waals surface area contributed by atoms with E-state index in [1.807, 2.05) is 51.1 Å². The van der Waals surface area contributed by atoms with Gasteiger partial charge < -0.3 is 24.0 Å². The number of carbonyl (C=O) groups excluding carboxylic acids is 1. The minimum absolute atomic E-state index is 0.0412. The fourth-order valence-corrected chi connectivity index (χ4v) is 4.33. The second-order valence-corrected chi connectivity index (χ2v) is 8.95. The number of carboxylic acid groups (broad SMARTS) is 1. The first kappa shape index (κ1) is 32.1. The van der Waals surface area contributed by atoms with Gasteiger partial charge in [-0.25, -0.2) is 4.79 Å². The summed E-state index contributed by atoms with van der Waals surface area (Å²) in [5.41, 5.74) is 1.32. The van der Waals surface area contributed by atoms with Crippen LogP contribution in [0.15, 0.2) is 93.6 Å². The first-order chi connectivity index (χ1) is 19.8. The topological polar surface area (TPSA) is 126 Å². The van der Waals surface area contributed by atoms with E-state index in [0.717, 1.165) is 10.8 Å². The molecule has 0 spiro atoms. The fraction of sp³-hybridized carbons (Fsp3) is 0.156. The van der Waals surface area contributed by atoms with Crippen molar-refractivity contribution in [3.63, 3.8) is 0 Å². The number of fused-ring (bicyclic) bond motifs is 2. The quantitative estimate of drug-likeness (QED) is 0.201. The first-order valence-electron chi connectivity index (χ1n) is 12.5. The molecule has 41 heavy (non-hydrogen) atoms. The molecule has 5 aromatic rings. The van der Waals surface area contributed by atoms with E-state index in [0.29, 0.717) is 27.6 Å². The van der Waals surface area contributed by atoms with Gasteiger partial charge in [-0.2, -0.15) is 5.26 Å². The van der Waals surface area contributed by atoms with Gasteiger partial charge in [-0.1, -0.05) is 36.4 Å². The second kappa shape index (κ2) is 16.1. The molecule has 0 atom stereocenters. The van der Waals surface area contributed by atoms with Crippen LogP contribution >= 0.6 is 11.3 Å². The maximum Gasteiger partial charge on any atom is 0.339 e. The standard InChI is InChI=1S/C23H15NO6S.C4H8.C3H6.C2H3N/c1-28-14-6-7-17-13(8-14)10-18(29-17)21-20(23(26)27)15(11-31-21)24-22(25)19-9-12-4-2-3-5-16(12)30-19;1-3-4-2;1-3-2;1-2-3/h2-11H,1H3,(H,24,25)(H,26,27);3-4H,1-2H3;3H,1H2,2H3;1H3/b;4-3-;;. The molecule has 0 unspecified atom stereocenters. The molecule has 0 aliphatic heterocycles. The lowest BCUT2D eigenvalue weighted by molar-refractivity contribution is 0.0699. The van der Waals surface area contributed by atoms with Crippen molar-refractivity contribution in [3.8, 4) is 22.5 Å². The Morgan fingerprint density at radius 1 is 1.02 bits per heavy atom. The van der Waals surface area contributed by atoms with E-state index in [2.05, 4.69) is 11.9 Å². The van der Waals surface area contributed by atoms with Gasteiger partial charge in [0.25, 0.3) is 5.91 Å². The SMILES string of the molecule is C/C=C\C.C=CC.CC#N.COc1ccc2oc(-c3scc(NC(=O)c4cc5ccccc5o4)c3C(=O)O)cc2c1. The zero-order valence-corrected chi connectivity index (χ0v) is 24.4. The van der Waals surface area contributed by atoms with Crippen LogP contribution in [0.1, 0.15) is 48.6 Å². The Kier molecular flexibility index (Phi) is 12.6. The lowest BCUT2D eigenvalue weighted by Gasteiger charge is -2.03. The first-order valence-corrected chi connectivity index (χ1v) is 13.3. The van der Waals surface area contributed by atoms with Crippen molar-refractivity contribution >= 4 is 50.8 Å². The van der Waals surface area contributed by atoms with Crippen molar-refractivity contribution in [1.82, 2.24) is 0 Å². The number of rotatable bonds is 5. The predicted octanol–water partition coefficient (Wildman–Crippen LogP) is 9.17. The number of hydrogen-bond acceptors (Lipinski definition) is 7. The summed E-state index contributed by atoms with van der Waals surface area (Å²) in [4.78, 5) is 25.1. The molecule has 0 bridgehead atoms. The van der Waals surface area contributed by atoms with E-state index >= 15 is 0 Å². The molecule has 9 heteroatoms. The van der Waals surface area contributed by atoms with Gasteiger partial charge in [-0.15, -0.1) is 17.9 Å². The van der Waals surface area contributed by atoms with E-state index in [1.165, 1.54) is 18.3 Å². The van der Waals surface area contributed by atoms with Crippen molar-refractivity contribution in [2.75, 3.05) is 12.4 Å². The fourth-order valence-electron chi connectivity index (χ4n) is 3.38. The van der Waals surface area contributed by atoms with Crippen LogP contribution in [0, 0.1) is 11.3 Å². The Morgan fingerprint density at radius 2 is 1.66 bits per heavy atom. The Morgan fingerprint density at radius 3 is 2.24 bits per heavy atom. The Hall–Kier alpha value is -5.07. The number of furan rings is 2. The molecule has 1 amide bonds. The molecule has 0 aliphatic rings. The Labute approximate surface area is 242 Å². The summed E-state index contributed by atoms with van der Waals surface area (Å²) < 4.78 is 16.6. The van der Waals surface area contributed by atoms with E-state index in [9.17, 15) is 14.7 Å². The number of thiophene rings is 1. The predicted molar refractivity (Wildman–Crippen MR) is 165 cm³/mol. The molecule has 0 radical (unpaired) electrons. The van der Waals surface area contributed by atoms with Gasteiger partial charge in [0, 0.05) is 23.1 Å². The number of carboxylic acids is 1. The summed E-state index contributed by atoms with van der Waals surface area (Å²) in [7, 11) is 1.57. The average Bonchev–Trinajstić information content (AvgIpc) is 3.69. The molecule has 212 valence electrons. The van der Waals surface area contributed by atoms with Crippen molar-refractivity contribution in [3.05, 3.63) is 96.1 Å². The number of aromatic carboxylic acids is 1. The minimum Gasteiger partial charge on any atom is -0.497 e. The normalized spacial score (nSPS) is 9.85. The summed E-state index contributed by atoms with van der Waals surface area (Å²) in [5.74, 6) is -0.536. The van der Waals surface area contributed by atoms with Crippen molar-refractivity contribution in [2.24, 2.45) is 0 Å². The van der Waals surface area contributed by atoms with Gasteiger partial charge in [0.2, 0.25) is 0 Å². The molecule has 2 aromatic carbocycles. The number of nitriles is 1. The highest BCUT2D eigenvalue weighted by Crippen LogP contribution is 2.39. The number of anilines is 1. The average molecular weight is 573 g/mol. The van der Waals surface area contributed by atoms with Crippen LogP contribution < -0.4 is 10.1 Å². The van der Waals surface area contributed by atoms with Gasteiger partial charge in [0.05, 0.1) is 23.7 Å². The number of methoxy groups -OCH3 is 1. The molecule has 0 saturated carbocycles. The third-order valence-corrected chi connectivity index (χ3v) is 6.18. The number of amides is 1. The highest BCUT2D eigenvalue weighted by Gasteiger charge is 2.24. The molecule has 5 rings (SSSR count). The maximum atomic E-state index is 12.7. The molecular formula is C32H32N2O6S. The van der Waals surface area contributed by atoms with Crippen LogP contribution in [0.25, 0.3) is 32.6 Å². The van der Waals surface area contributed by atoms with E-state index in [-0.39, 0.29) is 17.0 Å². The van der Waals surface area contributed by atoms with E-state index in [4.69, 9.17) is 18.8 Å². The van der Waals surface area contributed by atoms with Gasteiger partial charge in [0.15, 0.2) is 5.76 Å². The lowest BCUT2D eigenvalue weighted by atomic mass is 10.1. The van der Waals surface area contributed by atoms with Gasteiger partial charge >= 0.3 is 5.97 Å².